The van der Waals surface area contributed by atoms with Crippen LogP contribution in [0.1, 0.15) is 11.9 Å². The van der Waals surface area contributed by atoms with Gasteiger partial charge in [0, 0.05) is 12.1 Å². The van der Waals surface area contributed by atoms with Gasteiger partial charge in [-0.2, -0.15) is 4.98 Å². The fraction of sp³-hybridized carbons (Fsp3) is 0.333. The van der Waals surface area contributed by atoms with Crippen LogP contribution in [0.5, 0.6) is 0 Å². The van der Waals surface area contributed by atoms with Crippen LogP contribution in [0.2, 0.25) is 0 Å². The molecule has 0 saturated carbocycles. The highest BCUT2D eigenvalue weighted by molar-refractivity contribution is 9.10. The van der Waals surface area contributed by atoms with Gasteiger partial charge in [-0.25, -0.2) is 4.39 Å². The number of benzene rings is 1. The Kier molecular flexibility index (Phi) is 3.58. The van der Waals surface area contributed by atoms with E-state index >= 15 is 0 Å². The number of rotatable bonds is 2. The molecule has 5 nitrogen and oxygen atoms in total. The Bertz CT molecular complexity index is 584. The molecule has 1 unspecified atom stereocenters. The molecule has 1 aliphatic rings. The number of ether oxygens (including phenoxy) is 1. The van der Waals surface area contributed by atoms with Crippen LogP contribution in [0, 0.1) is 5.82 Å². The van der Waals surface area contributed by atoms with E-state index in [0.29, 0.717) is 35.0 Å². The van der Waals surface area contributed by atoms with Gasteiger partial charge in [0.05, 0.1) is 23.7 Å². The SMILES string of the molecule is Fc1cc(-c2nc(C3COCCN3)no2)ccc1Br. The summed E-state index contributed by atoms with van der Waals surface area (Å²) in [7, 11) is 0. The van der Waals surface area contributed by atoms with Gasteiger partial charge in [-0.1, -0.05) is 5.16 Å². The molecule has 1 saturated heterocycles. The molecule has 7 heteroatoms. The van der Waals surface area contributed by atoms with Crippen LogP contribution < -0.4 is 5.32 Å². The Balaban J connectivity index is 1.85. The van der Waals surface area contributed by atoms with Crippen LogP contribution in [-0.2, 0) is 4.74 Å². The number of morpholine rings is 1. The minimum atomic E-state index is -0.364. The molecule has 1 aromatic heterocycles. The van der Waals surface area contributed by atoms with Gasteiger partial charge in [0.2, 0.25) is 0 Å². The van der Waals surface area contributed by atoms with Gasteiger partial charge in [0.25, 0.3) is 5.89 Å². The normalized spacial score (nSPS) is 19.6. The maximum atomic E-state index is 13.5. The standard InChI is InChI=1S/C12H11BrFN3O2/c13-8-2-1-7(5-9(8)14)12-16-11(17-19-12)10-6-18-4-3-15-10/h1-2,5,10,15H,3-4,6H2. The lowest BCUT2D eigenvalue weighted by Gasteiger charge is -2.20. The van der Waals surface area contributed by atoms with E-state index in [2.05, 4.69) is 31.4 Å². The first-order valence-electron chi connectivity index (χ1n) is 5.84. The van der Waals surface area contributed by atoms with Gasteiger partial charge >= 0.3 is 0 Å². The molecule has 1 N–H and O–H groups in total. The Morgan fingerprint density at radius 2 is 2.32 bits per heavy atom. The maximum Gasteiger partial charge on any atom is 0.258 e. The molecule has 1 fully saturated rings. The van der Waals surface area contributed by atoms with Crippen molar-refractivity contribution in [2.75, 3.05) is 19.8 Å². The average molecular weight is 328 g/mol. The van der Waals surface area contributed by atoms with E-state index < -0.39 is 0 Å². The van der Waals surface area contributed by atoms with Gasteiger partial charge in [0.15, 0.2) is 5.82 Å². The lowest BCUT2D eigenvalue weighted by molar-refractivity contribution is 0.0734. The molecule has 19 heavy (non-hydrogen) atoms. The van der Waals surface area contributed by atoms with Crippen molar-refractivity contribution in [2.45, 2.75) is 6.04 Å². The molecule has 3 rings (SSSR count). The van der Waals surface area contributed by atoms with Crippen molar-refractivity contribution in [1.29, 1.82) is 0 Å². The fourth-order valence-corrected chi connectivity index (χ4v) is 2.10. The largest absolute Gasteiger partial charge is 0.378 e. The van der Waals surface area contributed by atoms with E-state index in [1.165, 1.54) is 6.07 Å². The van der Waals surface area contributed by atoms with Crippen LogP contribution in [0.25, 0.3) is 11.5 Å². The first kappa shape index (κ1) is 12.7. The second-order valence-electron chi connectivity index (χ2n) is 4.17. The molecule has 0 bridgehead atoms. The summed E-state index contributed by atoms with van der Waals surface area (Å²) in [6, 6.07) is 4.60. The molecule has 0 aliphatic carbocycles. The van der Waals surface area contributed by atoms with Crippen molar-refractivity contribution < 1.29 is 13.7 Å². The third-order valence-electron chi connectivity index (χ3n) is 2.84. The first-order valence-corrected chi connectivity index (χ1v) is 6.63. The number of hydrogen-bond donors (Lipinski definition) is 1. The van der Waals surface area contributed by atoms with Crippen LogP contribution in [0.15, 0.2) is 27.2 Å². The van der Waals surface area contributed by atoms with Gasteiger partial charge in [-0.05, 0) is 34.1 Å². The number of nitrogens with zero attached hydrogens (tertiary/aromatic N) is 2. The summed E-state index contributed by atoms with van der Waals surface area (Å²) in [5.41, 5.74) is 0.552. The van der Waals surface area contributed by atoms with Crippen molar-refractivity contribution in [3.63, 3.8) is 0 Å². The Morgan fingerprint density at radius 1 is 1.42 bits per heavy atom. The van der Waals surface area contributed by atoms with Crippen molar-refractivity contribution in [3.8, 4) is 11.5 Å². The molecular weight excluding hydrogens is 317 g/mol. The molecule has 1 aliphatic heterocycles. The van der Waals surface area contributed by atoms with E-state index in [-0.39, 0.29) is 11.9 Å². The highest BCUT2D eigenvalue weighted by Gasteiger charge is 2.21. The minimum absolute atomic E-state index is 0.0773. The van der Waals surface area contributed by atoms with Crippen LogP contribution in [0.3, 0.4) is 0 Å². The van der Waals surface area contributed by atoms with Crippen LogP contribution in [0.4, 0.5) is 4.39 Å². The Labute approximate surface area is 117 Å². The summed E-state index contributed by atoms with van der Waals surface area (Å²) < 4.78 is 24.4. The van der Waals surface area contributed by atoms with E-state index in [9.17, 15) is 4.39 Å². The predicted molar refractivity (Wildman–Crippen MR) is 69.0 cm³/mol. The highest BCUT2D eigenvalue weighted by atomic mass is 79.9. The number of halogens is 2. The van der Waals surface area contributed by atoms with Gasteiger partial charge in [0.1, 0.15) is 5.82 Å². The first-order chi connectivity index (χ1) is 9.24. The summed E-state index contributed by atoms with van der Waals surface area (Å²) in [5, 5.41) is 7.13. The Hall–Kier alpha value is -1.31. The second kappa shape index (κ2) is 5.36. The molecule has 100 valence electrons. The topological polar surface area (TPSA) is 60.2 Å². The van der Waals surface area contributed by atoms with Crippen molar-refractivity contribution >= 4 is 15.9 Å². The summed E-state index contributed by atoms with van der Waals surface area (Å²) >= 11 is 3.10. The predicted octanol–water partition coefficient (Wildman–Crippen LogP) is 2.30. The fourth-order valence-electron chi connectivity index (χ4n) is 1.85. The summed E-state index contributed by atoms with van der Waals surface area (Å²) in [4.78, 5) is 4.27. The third kappa shape index (κ3) is 2.68. The number of hydrogen-bond acceptors (Lipinski definition) is 5. The molecule has 1 atom stereocenters. The van der Waals surface area contributed by atoms with Crippen LogP contribution >= 0.6 is 15.9 Å². The third-order valence-corrected chi connectivity index (χ3v) is 3.48. The summed E-state index contributed by atoms with van der Waals surface area (Å²) in [6.07, 6.45) is 0. The lowest BCUT2D eigenvalue weighted by atomic mass is 10.2. The number of aromatic nitrogens is 2. The maximum absolute atomic E-state index is 13.5. The molecular formula is C12H11BrFN3O2. The van der Waals surface area contributed by atoms with Gasteiger partial charge in [-0.15, -0.1) is 0 Å². The average Bonchev–Trinajstić information content (AvgIpc) is 2.93. The molecule has 0 amide bonds. The van der Waals surface area contributed by atoms with Gasteiger partial charge < -0.3 is 14.6 Å². The highest BCUT2D eigenvalue weighted by Crippen LogP contribution is 2.24. The zero-order valence-corrected chi connectivity index (χ0v) is 11.5. The summed E-state index contributed by atoms with van der Waals surface area (Å²) in [6.45, 7) is 1.94. The number of nitrogens with one attached hydrogen (secondary N) is 1. The van der Waals surface area contributed by atoms with Crippen molar-refractivity contribution in [3.05, 3.63) is 34.3 Å². The van der Waals surface area contributed by atoms with E-state index in [1.807, 2.05) is 0 Å². The Morgan fingerprint density at radius 3 is 3.05 bits per heavy atom. The molecule has 2 heterocycles. The quantitative estimate of drug-likeness (QED) is 0.917. The van der Waals surface area contributed by atoms with Crippen molar-refractivity contribution in [2.24, 2.45) is 0 Å². The van der Waals surface area contributed by atoms with E-state index in [0.717, 1.165) is 6.54 Å². The van der Waals surface area contributed by atoms with E-state index in [1.54, 1.807) is 12.1 Å². The van der Waals surface area contributed by atoms with Crippen molar-refractivity contribution in [1.82, 2.24) is 15.5 Å². The monoisotopic (exact) mass is 327 g/mol. The summed E-state index contributed by atoms with van der Waals surface area (Å²) in [5.74, 6) is 0.461. The van der Waals surface area contributed by atoms with Gasteiger partial charge in [-0.3, -0.25) is 0 Å². The minimum Gasteiger partial charge on any atom is -0.378 e. The molecule has 0 radical (unpaired) electrons. The molecule has 1 aromatic carbocycles. The lowest BCUT2D eigenvalue weighted by Crippen LogP contribution is -2.35. The smallest absolute Gasteiger partial charge is 0.258 e. The zero-order valence-electron chi connectivity index (χ0n) is 9.90. The molecule has 0 spiro atoms. The molecule has 2 aromatic rings. The van der Waals surface area contributed by atoms with Crippen LogP contribution in [-0.4, -0.2) is 29.9 Å². The second-order valence-corrected chi connectivity index (χ2v) is 5.02. The van der Waals surface area contributed by atoms with E-state index in [4.69, 9.17) is 9.26 Å². The zero-order chi connectivity index (χ0) is 13.2.